The van der Waals surface area contributed by atoms with E-state index in [1.807, 2.05) is 4.90 Å². The van der Waals surface area contributed by atoms with Gasteiger partial charge in [-0.05, 0) is 49.9 Å². The monoisotopic (exact) mass is 505 g/mol. The van der Waals surface area contributed by atoms with Gasteiger partial charge in [0, 0.05) is 64.3 Å². The second-order valence-electron chi connectivity index (χ2n) is 10.6. The molecule has 3 aliphatic heterocycles. The number of anilines is 1. The highest BCUT2D eigenvalue weighted by molar-refractivity contribution is 5.92. The number of fused-ring (bicyclic) bond motifs is 1. The molecule has 37 heavy (non-hydrogen) atoms. The van der Waals surface area contributed by atoms with Gasteiger partial charge in [0.05, 0.1) is 0 Å². The zero-order chi connectivity index (χ0) is 25.6. The first-order valence-electron chi connectivity index (χ1n) is 13.7. The Balaban J connectivity index is 1.17. The lowest BCUT2D eigenvalue weighted by atomic mass is 10.1. The summed E-state index contributed by atoms with van der Waals surface area (Å²) in [6, 6.07) is 10.9. The van der Waals surface area contributed by atoms with Gasteiger partial charge in [-0.2, -0.15) is 0 Å². The van der Waals surface area contributed by atoms with E-state index in [0.29, 0.717) is 18.1 Å². The van der Waals surface area contributed by atoms with Crippen LogP contribution in [0.5, 0.6) is 0 Å². The van der Waals surface area contributed by atoms with Gasteiger partial charge in [-0.15, -0.1) is 0 Å². The van der Waals surface area contributed by atoms with E-state index in [2.05, 4.69) is 54.7 Å². The zero-order valence-corrected chi connectivity index (χ0v) is 21.9. The third kappa shape index (κ3) is 6.64. The Labute approximate surface area is 219 Å². The van der Waals surface area contributed by atoms with Crippen LogP contribution in [0.1, 0.15) is 60.6 Å². The number of rotatable bonds is 8. The van der Waals surface area contributed by atoms with Crippen LogP contribution < -0.4 is 10.6 Å². The third-order valence-electron chi connectivity index (χ3n) is 7.97. The molecule has 1 aromatic heterocycles. The van der Waals surface area contributed by atoms with Crippen LogP contribution in [0.3, 0.4) is 0 Å². The largest absolute Gasteiger partial charge is 0.367 e. The van der Waals surface area contributed by atoms with Gasteiger partial charge in [-0.3, -0.25) is 19.4 Å². The maximum atomic E-state index is 13.1. The van der Waals surface area contributed by atoms with E-state index in [9.17, 15) is 9.59 Å². The summed E-state index contributed by atoms with van der Waals surface area (Å²) >= 11 is 0. The van der Waals surface area contributed by atoms with Crippen LogP contribution in [-0.4, -0.2) is 87.8 Å². The average Bonchev–Trinajstić information content (AvgIpc) is 3.34. The molecule has 5 rings (SSSR count). The number of hydrogen-bond acceptors (Lipinski definition) is 7. The van der Waals surface area contributed by atoms with Gasteiger partial charge in [0.25, 0.3) is 5.91 Å². The predicted octanol–water partition coefficient (Wildman–Crippen LogP) is 2.50. The quantitative estimate of drug-likeness (QED) is 0.569. The Bertz CT molecular complexity index is 1050. The van der Waals surface area contributed by atoms with Crippen LogP contribution >= 0.6 is 0 Å². The van der Waals surface area contributed by atoms with E-state index in [4.69, 9.17) is 0 Å². The Morgan fingerprint density at radius 2 is 1.70 bits per heavy atom. The van der Waals surface area contributed by atoms with E-state index < -0.39 is 0 Å². The summed E-state index contributed by atoms with van der Waals surface area (Å²) in [6.45, 7) is 8.75. The number of likely N-dealkylation sites (tertiary alicyclic amines) is 2. The molecular weight excluding hydrogens is 466 g/mol. The number of piperidine rings is 2. The first-order chi connectivity index (χ1) is 18.0. The topological polar surface area (TPSA) is 93.7 Å². The molecule has 198 valence electrons. The second kappa shape index (κ2) is 12.0. The summed E-state index contributed by atoms with van der Waals surface area (Å²) in [6.07, 6.45) is 6.90. The van der Waals surface area contributed by atoms with Crippen LogP contribution in [-0.2, 0) is 17.9 Å². The maximum Gasteiger partial charge on any atom is 0.270 e. The van der Waals surface area contributed by atoms with Crippen molar-refractivity contribution in [1.29, 1.82) is 0 Å². The number of nitrogens with one attached hydrogen (secondary N) is 2. The van der Waals surface area contributed by atoms with Crippen LogP contribution in [0.2, 0.25) is 0 Å². The minimum Gasteiger partial charge on any atom is -0.367 e. The second-order valence-corrected chi connectivity index (χ2v) is 10.6. The highest BCUT2D eigenvalue weighted by atomic mass is 16.2. The van der Waals surface area contributed by atoms with Crippen molar-refractivity contribution in [3.8, 4) is 0 Å². The number of benzene rings is 1. The first kappa shape index (κ1) is 25.6. The number of hydrogen-bond donors (Lipinski definition) is 2. The molecule has 2 saturated heterocycles. The lowest BCUT2D eigenvalue weighted by Crippen LogP contribution is -2.51. The number of nitrogens with zero attached hydrogens (tertiary/aromatic N) is 5. The summed E-state index contributed by atoms with van der Waals surface area (Å²) in [5, 5.41) is 6.60. The summed E-state index contributed by atoms with van der Waals surface area (Å²) < 4.78 is 0. The Hall–Kier alpha value is -3.04. The van der Waals surface area contributed by atoms with Crippen molar-refractivity contribution < 1.29 is 9.59 Å². The normalized spacial score (nSPS) is 19.9. The highest BCUT2D eigenvalue weighted by Gasteiger charge is 2.27. The fraction of sp³-hybridized carbons (Fsp3) is 0.571. The minimum absolute atomic E-state index is 0.122. The lowest BCUT2D eigenvalue weighted by Gasteiger charge is -2.36. The molecular formula is C28H39N7O2. The molecule has 0 saturated carbocycles. The molecule has 2 amide bonds. The highest BCUT2D eigenvalue weighted by Crippen LogP contribution is 2.24. The smallest absolute Gasteiger partial charge is 0.270 e. The van der Waals surface area contributed by atoms with Crippen LogP contribution in [0.4, 0.5) is 5.82 Å². The first-order valence-corrected chi connectivity index (χ1v) is 13.7. The van der Waals surface area contributed by atoms with Crippen molar-refractivity contribution in [3.63, 3.8) is 0 Å². The minimum atomic E-state index is -0.163. The Morgan fingerprint density at radius 1 is 1.00 bits per heavy atom. The van der Waals surface area contributed by atoms with Crippen molar-refractivity contribution in [1.82, 2.24) is 30.0 Å². The van der Waals surface area contributed by atoms with Gasteiger partial charge in [0.1, 0.15) is 17.8 Å². The number of carbonyl (C=O) groups excluding carboxylic acids is 2. The average molecular weight is 506 g/mol. The molecule has 2 N–H and O–H groups in total. The SMILES string of the molecule is CC(=O)N1CCC(Nc2cc(C(=O)NCC(CN3Cc4ccccc4C3)N3CCCCC3)ncn2)CC1. The van der Waals surface area contributed by atoms with Crippen molar-refractivity contribution in [2.75, 3.05) is 44.6 Å². The third-order valence-corrected chi connectivity index (χ3v) is 7.97. The molecule has 1 aromatic carbocycles. The predicted molar refractivity (Wildman–Crippen MR) is 143 cm³/mol. The molecule has 1 atom stereocenters. The fourth-order valence-electron chi connectivity index (χ4n) is 5.83. The molecule has 4 heterocycles. The van der Waals surface area contributed by atoms with Gasteiger partial charge in [-0.1, -0.05) is 30.7 Å². The van der Waals surface area contributed by atoms with Crippen molar-refractivity contribution >= 4 is 17.6 Å². The summed E-state index contributed by atoms with van der Waals surface area (Å²) in [7, 11) is 0. The number of amides is 2. The molecule has 1 unspecified atom stereocenters. The van der Waals surface area contributed by atoms with E-state index in [1.165, 1.54) is 36.7 Å². The van der Waals surface area contributed by atoms with E-state index in [1.54, 1.807) is 13.0 Å². The number of carbonyl (C=O) groups is 2. The summed E-state index contributed by atoms with van der Waals surface area (Å²) in [5.41, 5.74) is 3.21. The summed E-state index contributed by atoms with van der Waals surface area (Å²) in [4.78, 5) is 40.2. The Kier molecular flexibility index (Phi) is 8.31. The van der Waals surface area contributed by atoms with Gasteiger partial charge in [-0.25, -0.2) is 9.97 Å². The van der Waals surface area contributed by atoms with Crippen LogP contribution in [0, 0.1) is 0 Å². The van der Waals surface area contributed by atoms with Gasteiger partial charge in [0.2, 0.25) is 5.91 Å². The number of aromatic nitrogens is 2. The molecule has 9 heteroatoms. The fourth-order valence-corrected chi connectivity index (χ4v) is 5.83. The molecule has 9 nitrogen and oxygen atoms in total. The standard InChI is InChI=1S/C28H39N7O2/c1-21(36)34-13-9-24(10-14-34)32-27-15-26(30-20-31-27)28(37)29-16-25(35-11-5-2-6-12-35)19-33-17-22-7-3-4-8-23(22)18-33/h3-4,7-8,15,20,24-25H,2,5-6,9-14,16-19H2,1H3,(H,29,37)(H,30,31,32). The molecule has 2 fully saturated rings. The van der Waals surface area contributed by atoms with E-state index >= 15 is 0 Å². The maximum absolute atomic E-state index is 13.1. The molecule has 2 aromatic rings. The zero-order valence-electron chi connectivity index (χ0n) is 21.9. The van der Waals surface area contributed by atoms with Crippen molar-refractivity contribution in [2.45, 2.75) is 64.2 Å². The molecule has 0 radical (unpaired) electrons. The van der Waals surface area contributed by atoms with Crippen LogP contribution in [0.15, 0.2) is 36.7 Å². The molecule has 0 bridgehead atoms. The van der Waals surface area contributed by atoms with Gasteiger partial charge >= 0.3 is 0 Å². The molecule has 0 spiro atoms. The van der Waals surface area contributed by atoms with Crippen molar-refractivity contribution in [3.05, 3.63) is 53.5 Å². The lowest BCUT2D eigenvalue weighted by molar-refractivity contribution is -0.129. The van der Waals surface area contributed by atoms with Gasteiger partial charge < -0.3 is 15.5 Å². The van der Waals surface area contributed by atoms with Gasteiger partial charge in [0.15, 0.2) is 0 Å². The molecule has 0 aliphatic carbocycles. The van der Waals surface area contributed by atoms with E-state index in [0.717, 1.165) is 58.7 Å². The molecule has 3 aliphatic rings. The van der Waals surface area contributed by atoms with E-state index in [-0.39, 0.29) is 23.9 Å². The van der Waals surface area contributed by atoms with Crippen molar-refractivity contribution in [2.24, 2.45) is 0 Å². The summed E-state index contributed by atoms with van der Waals surface area (Å²) in [5.74, 6) is 0.615. The van der Waals surface area contributed by atoms with Crippen LogP contribution in [0.25, 0.3) is 0 Å². The Morgan fingerprint density at radius 3 is 2.38 bits per heavy atom.